The lowest BCUT2D eigenvalue weighted by Crippen LogP contribution is -2.40. The van der Waals surface area contributed by atoms with Gasteiger partial charge in [-0.25, -0.2) is 4.79 Å². The topological polar surface area (TPSA) is 98.8 Å². The predicted molar refractivity (Wildman–Crippen MR) is 101 cm³/mol. The molecule has 0 spiro atoms. The number of likely N-dealkylation sites (tertiary alicyclic amines) is 1. The number of hydrogen-bond donors (Lipinski definition) is 2. The van der Waals surface area contributed by atoms with Gasteiger partial charge in [-0.05, 0) is 44.4 Å². The van der Waals surface area contributed by atoms with Crippen molar-refractivity contribution in [2.24, 2.45) is 5.92 Å². The normalized spacial score (nSPS) is 23.9. The van der Waals surface area contributed by atoms with Crippen LogP contribution in [0.25, 0.3) is 0 Å². The van der Waals surface area contributed by atoms with E-state index in [-0.39, 0.29) is 36.6 Å². The zero-order valence-electron chi connectivity index (χ0n) is 16.0. The van der Waals surface area contributed by atoms with Gasteiger partial charge in [0.2, 0.25) is 11.8 Å². The van der Waals surface area contributed by atoms with E-state index in [0.29, 0.717) is 18.3 Å². The zero-order valence-corrected chi connectivity index (χ0v) is 16.0. The van der Waals surface area contributed by atoms with Gasteiger partial charge in [0.25, 0.3) is 5.91 Å². The summed E-state index contributed by atoms with van der Waals surface area (Å²) in [4.78, 5) is 51.7. The van der Waals surface area contributed by atoms with Gasteiger partial charge in [0.1, 0.15) is 5.54 Å². The molecule has 2 N–H and O–H groups in total. The smallest absolute Gasteiger partial charge is 0.325 e. The molecule has 2 heterocycles. The Labute approximate surface area is 163 Å². The fraction of sp³-hybridized carbons (Fsp3) is 0.500. The monoisotopic (exact) mass is 384 g/mol. The first-order valence-electron chi connectivity index (χ1n) is 9.58. The van der Waals surface area contributed by atoms with E-state index in [2.05, 4.69) is 10.6 Å². The van der Waals surface area contributed by atoms with Gasteiger partial charge in [-0.2, -0.15) is 0 Å². The van der Waals surface area contributed by atoms with Crippen molar-refractivity contribution in [2.75, 3.05) is 11.9 Å². The summed E-state index contributed by atoms with van der Waals surface area (Å²) >= 11 is 0. The quantitative estimate of drug-likeness (QED) is 0.751. The summed E-state index contributed by atoms with van der Waals surface area (Å²) in [5.74, 6) is -0.670. The lowest BCUT2D eigenvalue weighted by molar-refractivity contribution is -0.130. The number of amides is 5. The molecular weight excluding hydrogens is 360 g/mol. The molecule has 0 bridgehead atoms. The van der Waals surface area contributed by atoms with Crippen LogP contribution in [0.5, 0.6) is 0 Å². The van der Waals surface area contributed by atoms with Crippen LogP contribution in [0.15, 0.2) is 24.3 Å². The second kappa shape index (κ2) is 6.61. The average Bonchev–Trinajstić information content (AvgIpc) is 3.37. The Kier molecular flexibility index (Phi) is 4.36. The van der Waals surface area contributed by atoms with Gasteiger partial charge >= 0.3 is 6.03 Å². The van der Waals surface area contributed by atoms with Gasteiger partial charge in [0.15, 0.2) is 0 Å². The first-order valence-corrected chi connectivity index (χ1v) is 9.58. The Morgan fingerprint density at radius 2 is 1.86 bits per heavy atom. The number of anilines is 1. The minimum Gasteiger partial charge on any atom is -0.339 e. The van der Waals surface area contributed by atoms with Crippen LogP contribution in [0.3, 0.4) is 0 Å². The molecule has 2 saturated heterocycles. The summed E-state index contributed by atoms with van der Waals surface area (Å²) < 4.78 is 0. The largest absolute Gasteiger partial charge is 0.339 e. The van der Waals surface area contributed by atoms with Crippen LogP contribution in [0.1, 0.15) is 38.7 Å². The highest BCUT2D eigenvalue weighted by Crippen LogP contribution is 2.33. The van der Waals surface area contributed by atoms with E-state index in [9.17, 15) is 19.2 Å². The third kappa shape index (κ3) is 3.46. The lowest BCUT2D eigenvalue weighted by atomic mass is 10.1. The molecule has 1 aromatic rings. The van der Waals surface area contributed by atoms with Crippen LogP contribution < -0.4 is 10.6 Å². The SMILES string of the molecule is CC1(C)NC(=O)N(Cc2ccc(NC(=O)[C@H]3CC(=O)N(C4CC4)C3)cc2)C1=O. The third-order valence-corrected chi connectivity index (χ3v) is 5.52. The first-order chi connectivity index (χ1) is 13.2. The summed E-state index contributed by atoms with van der Waals surface area (Å²) in [6, 6.07) is 6.97. The minimum atomic E-state index is -0.891. The van der Waals surface area contributed by atoms with Crippen molar-refractivity contribution in [3.05, 3.63) is 29.8 Å². The predicted octanol–water partition coefficient (Wildman–Crippen LogP) is 1.47. The van der Waals surface area contributed by atoms with Gasteiger partial charge in [-0.1, -0.05) is 12.1 Å². The average molecular weight is 384 g/mol. The van der Waals surface area contributed by atoms with E-state index < -0.39 is 11.6 Å². The Morgan fingerprint density at radius 1 is 1.18 bits per heavy atom. The summed E-state index contributed by atoms with van der Waals surface area (Å²) in [5, 5.41) is 5.51. The molecule has 0 unspecified atom stereocenters. The molecule has 2 aliphatic heterocycles. The van der Waals surface area contributed by atoms with Gasteiger partial charge < -0.3 is 15.5 Å². The van der Waals surface area contributed by atoms with Gasteiger partial charge in [0, 0.05) is 24.7 Å². The Morgan fingerprint density at radius 3 is 2.43 bits per heavy atom. The molecule has 1 aromatic carbocycles. The van der Waals surface area contributed by atoms with Gasteiger partial charge in [0.05, 0.1) is 12.5 Å². The Bertz CT molecular complexity index is 844. The molecule has 5 amide bonds. The molecule has 0 aromatic heterocycles. The van der Waals surface area contributed by atoms with Crippen molar-refractivity contribution < 1.29 is 19.2 Å². The number of urea groups is 1. The van der Waals surface area contributed by atoms with E-state index in [4.69, 9.17) is 0 Å². The molecule has 28 heavy (non-hydrogen) atoms. The van der Waals surface area contributed by atoms with Crippen molar-refractivity contribution in [1.82, 2.24) is 15.1 Å². The van der Waals surface area contributed by atoms with E-state index >= 15 is 0 Å². The van der Waals surface area contributed by atoms with Crippen molar-refractivity contribution in [1.29, 1.82) is 0 Å². The number of carbonyl (C=O) groups excluding carboxylic acids is 4. The second-order valence-corrected chi connectivity index (χ2v) is 8.31. The number of rotatable bonds is 5. The summed E-state index contributed by atoms with van der Waals surface area (Å²) in [6.07, 6.45) is 2.34. The van der Waals surface area contributed by atoms with Crippen LogP contribution in [0.4, 0.5) is 10.5 Å². The van der Waals surface area contributed by atoms with E-state index in [1.807, 2.05) is 4.90 Å². The molecule has 1 saturated carbocycles. The molecule has 0 radical (unpaired) electrons. The highest BCUT2D eigenvalue weighted by atomic mass is 16.2. The zero-order chi connectivity index (χ0) is 20.1. The lowest BCUT2D eigenvalue weighted by Gasteiger charge is -2.16. The van der Waals surface area contributed by atoms with Gasteiger partial charge in [-0.15, -0.1) is 0 Å². The molecular formula is C20H24N4O4. The van der Waals surface area contributed by atoms with Crippen molar-refractivity contribution >= 4 is 29.4 Å². The van der Waals surface area contributed by atoms with Crippen LogP contribution in [-0.2, 0) is 20.9 Å². The molecule has 3 aliphatic rings. The third-order valence-electron chi connectivity index (χ3n) is 5.52. The highest BCUT2D eigenvalue weighted by molar-refractivity contribution is 6.06. The number of benzene rings is 1. The van der Waals surface area contributed by atoms with E-state index in [1.54, 1.807) is 38.1 Å². The highest BCUT2D eigenvalue weighted by Gasteiger charge is 2.44. The number of carbonyl (C=O) groups is 4. The first kappa shape index (κ1) is 18.5. The molecule has 3 fully saturated rings. The number of hydrogen-bond acceptors (Lipinski definition) is 4. The van der Waals surface area contributed by atoms with Crippen LogP contribution >= 0.6 is 0 Å². The number of nitrogens with one attached hydrogen (secondary N) is 2. The molecule has 1 atom stereocenters. The fourth-order valence-corrected chi connectivity index (χ4v) is 3.73. The maximum Gasteiger partial charge on any atom is 0.325 e. The van der Waals surface area contributed by atoms with Crippen molar-refractivity contribution in [3.8, 4) is 0 Å². The Hall–Kier alpha value is -2.90. The van der Waals surface area contributed by atoms with Crippen LogP contribution in [0, 0.1) is 5.92 Å². The molecule has 148 valence electrons. The maximum absolute atomic E-state index is 12.5. The van der Waals surface area contributed by atoms with Crippen LogP contribution in [-0.4, -0.2) is 51.7 Å². The summed E-state index contributed by atoms with van der Waals surface area (Å²) in [6.45, 7) is 4.01. The maximum atomic E-state index is 12.5. The second-order valence-electron chi connectivity index (χ2n) is 8.31. The molecule has 8 heteroatoms. The van der Waals surface area contributed by atoms with Crippen molar-refractivity contribution in [3.63, 3.8) is 0 Å². The molecule has 4 rings (SSSR count). The molecule has 1 aliphatic carbocycles. The van der Waals surface area contributed by atoms with Gasteiger partial charge in [-0.3, -0.25) is 19.3 Å². The van der Waals surface area contributed by atoms with E-state index in [1.165, 1.54) is 4.90 Å². The van der Waals surface area contributed by atoms with Crippen molar-refractivity contribution in [2.45, 2.75) is 51.2 Å². The summed E-state index contributed by atoms with van der Waals surface area (Å²) in [5.41, 5.74) is 0.525. The Balaban J connectivity index is 1.35. The van der Waals surface area contributed by atoms with Crippen LogP contribution in [0.2, 0.25) is 0 Å². The standard InChI is InChI=1S/C20H24N4O4/c1-20(2)18(27)24(19(28)22-20)10-12-3-5-14(6-4-12)21-17(26)13-9-16(25)23(11-13)15-7-8-15/h3-6,13,15H,7-11H2,1-2H3,(H,21,26)(H,22,28)/t13-/m0/s1. The fourth-order valence-electron chi connectivity index (χ4n) is 3.73. The van der Waals surface area contributed by atoms with E-state index in [0.717, 1.165) is 18.4 Å². The summed E-state index contributed by atoms with van der Waals surface area (Å²) in [7, 11) is 0. The molecule has 8 nitrogen and oxygen atoms in total. The minimum absolute atomic E-state index is 0.0643. The number of imide groups is 1. The number of nitrogens with zero attached hydrogens (tertiary/aromatic N) is 2.